The minimum Gasteiger partial charge on any atom is -0.316 e. The molecule has 2 saturated heterocycles. The summed E-state index contributed by atoms with van der Waals surface area (Å²) in [6.45, 7) is 11.0. The summed E-state index contributed by atoms with van der Waals surface area (Å²) in [5.41, 5.74) is 2.05. The Hall–Kier alpha value is -0.570. The number of piperidine rings is 1. The summed E-state index contributed by atoms with van der Waals surface area (Å²) in [7, 11) is 0. The fourth-order valence-corrected chi connectivity index (χ4v) is 4.35. The monoisotopic (exact) mass is 322 g/mol. The van der Waals surface area contributed by atoms with E-state index in [9.17, 15) is 0 Å². The molecule has 0 spiro atoms. The highest BCUT2D eigenvalue weighted by Gasteiger charge is 2.35. The molecular weight excluding hydrogens is 292 g/mol. The predicted octanol–water partition coefficient (Wildman–Crippen LogP) is 3.92. The fraction of sp³-hybridized carbons (Fsp3) is 0.684. The van der Waals surface area contributed by atoms with Crippen LogP contribution in [-0.2, 0) is 0 Å². The number of benzene rings is 1. The van der Waals surface area contributed by atoms with Gasteiger partial charge in [-0.2, -0.15) is 0 Å². The maximum absolute atomic E-state index is 3.54. The van der Waals surface area contributed by atoms with Gasteiger partial charge in [0.2, 0.25) is 0 Å². The summed E-state index contributed by atoms with van der Waals surface area (Å²) in [4.78, 5) is 2.74. The third-order valence-electron chi connectivity index (χ3n) is 5.63. The van der Waals surface area contributed by atoms with E-state index < -0.39 is 0 Å². The molecule has 2 aliphatic rings. The molecule has 124 valence electrons. The van der Waals surface area contributed by atoms with Crippen LogP contribution in [0.3, 0.4) is 0 Å². The SMILES string of the molecule is CCC1CN(CC2(C)CCNC2)CCC1c1ccccc1.Cl. The minimum atomic E-state index is 0. The Labute approximate surface area is 142 Å². The second-order valence-electron chi connectivity index (χ2n) is 7.45. The Morgan fingerprint density at radius 3 is 2.68 bits per heavy atom. The zero-order valence-corrected chi connectivity index (χ0v) is 14.9. The van der Waals surface area contributed by atoms with Crippen LogP contribution in [0.1, 0.15) is 44.6 Å². The molecule has 0 saturated carbocycles. The van der Waals surface area contributed by atoms with Crippen molar-refractivity contribution in [3.8, 4) is 0 Å². The van der Waals surface area contributed by atoms with Gasteiger partial charge >= 0.3 is 0 Å². The molecule has 2 nitrogen and oxygen atoms in total. The van der Waals surface area contributed by atoms with Gasteiger partial charge in [0.1, 0.15) is 0 Å². The molecule has 0 aromatic heterocycles. The molecule has 2 heterocycles. The summed E-state index contributed by atoms with van der Waals surface area (Å²) in [5.74, 6) is 1.58. The number of rotatable bonds is 4. The second kappa shape index (κ2) is 7.81. The van der Waals surface area contributed by atoms with E-state index in [1.54, 1.807) is 5.56 Å². The first kappa shape index (κ1) is 17.8. The van der Waals surface area contributed by atoms with E-state index in [0.29, 0.717) is 5.41 Å². The molecule has 1 aromatic rings. The molecule has 0 bridgehead atoms. The first-order valence-electron chi connectivity index (χ1n) is 8.68. The van der Waals surface area contributed by atoms with Gasteiger partial charge in [-0.25, -0.2) is 0 Å². The lowest BCUT2D eigenvalue weighted by atomic mass is 9.78. The molecule has 1 aromatic carbocycles. The molecular formula is C19H31ClN2. The lowest BCUT2D eigenvalue weighted by molar-refractivity contribution is 0.105. The third-order valence-corrected chi connectivity index (χ3v) is 5.63. The second-order valence-corrected chi connectivity index (χ2v) is 7.45. The summed E-state index contributed by atoms with van der Waals surface area (Å²) >= 11 is 0. The first-order chi connectivity index (χ1) is 10.2. The number of hydrogen-bond donors (Lipinski definition) is 1. The van der Waals surface area contributed by atoms with Crippen molar-refractivity contribution in [2.24, 2.45) is 11.3 Å². The average Bonchev–Trinajstić information content (AvgIpc) is 2.94. The molecule has 3 unspecified atom stereocenters. The quantitative estimate of drug-likeness (QED) is 0.903. The van der Waals surface area contributed by atoms with Crippen molar-refractivity contribution in [3.05, 3.63) is 35.9 Å². The maximum Gasteiger partial charge on any atom is 0.00481 e. The number of hydrogen-bond acceptors (Lipinski definition) is 2. The summed E-state index contributed by atoms with van der Waals surface area (Å²) in [6, 6.07) is 11.2. The first-order valence-corrected chi connectivity index (χ1v) is 8.68. The van der Waals surface area contributed by atoms with Crippen LogP contribution in [0.4, 0.5) is 0 Å². The predicted molar refractivity (Wildman–Crippen MR) is 96.9 cm³/mol. The highest BCUT2D eigenvalue weighted by Crippen LogP contribution is 2.36. The van der Waals surface area contributed by atoms with Crippen LogP contribution in [0.15, 0.2) is 30.3 Å². The minimum absolute atomic E-state index is 0. The van der Waals surface area contributed by atoms with Crippen LogP contribution < -0.4 is 5.32 Å². The Kier molecular flexibility index (Phi) is 6.31. The lowest BCUT2D eigenvalue weighted by Crippen LogP contribution is -2.45. The molecule has 2 fully saturated rings. The molecule has 0 radical (unpaired) electrons. The number of nitrogens with one attached hydrogen (secondary N) is 1. The standard InChI is InChI=1S/C19H30N2.ClH/c1-3-16-13-21(15-19(2)10-11-20-14-19)12-9-18(16)17-7-5-4-6-8-17;/h4-8,16,18,20H,3,9-15H2,1-2H3;1H. The summed E-state index contributed by atoms with van der Waals surface area (Å²) in [6.07, 6.45) is 3.96. The molecule has 3 rings (SSSR count). The van der Waals surface area contributed by atoms with E-state index in [1.807, 2.05) is 0 Å². The summed E-state index contributed by atoms with van der Waals surface area (Å²) < 4.78 is 0. The smallest absolute Gasteiger partial charge is 0.00481 e. The van der Waals surface area contributed by atoms with E-state index in [0.717, 1.165) is 11.8 Å². The fourth-order valence-electron chi connectivity index (χ4n) is 4.35. The largest absolute Gasteiger partial charge is 0.316 e. The topological polar surface area (TPSA) is 15.3 Å². The van der Waals surface area contributed by atoms with Crippen molar-refractivity contribution >= 4 is 12.4 Å². The van der Waals surface area contributed by atoms with Crippen LogP contribution >= 0.6 is 12.4 Å². The van der Waals surface area contributed by atoms with Crippen molar-refractivity contribution in [3.63, 3.8) is 0 Å². The Morgan fingerprint density at radius 1 is 1.27 bits per heavy atom. The Morgan fingerprint density at radius 2 is 2.05 bits per heavy atom. The van der Waals surface area contributed by atoms with Crippen molar-refractivity contribution in [1.82, 2.24) is 10.2 Å². The van der Waals surface area contributed by atoms with E-state index in [-0.39, 0.29) is 12.4 Å². The van der Waals surface area contributed by atoms with Crippen LogP contribution in [0.2, 0.25) is 0 Å². The van der Waals surface area contributed by atoms with Crippen LogP contribution in [0.5, 0.6) is 0 Å². The van der Waals surface area contributed by atoms with E-state index in [2.05, 4.69) is 54.4 Å². The number of nitrogens with zero attached hydrogens (tertiary/aromatic N) is 1. The van der Waals surface area contributed by atoms with Crippen molar-refractivity contribution in [1.29, 1.82) is 0 Å². The number of likely N-dealkylation sites (tertiary alicyclic amines) is 1. The zero-order chi connectivity index (χ0) is 14.7. The highest BCUT2D eigenvalue weighted by atomic mass is 35.5. The van der Waals surface area contributed by atoms with Crippen LogP contribution in [0.25, 0.3) is 0 Å². The molecule has 3 heteroatoms. The summed E-state index contributed by atoms with van der Waals surface area (Å²) in [5, 5.41) is 3.54. The van der Waals surface area contributed by atoms with Gasteiger partial charge in [0.25, 0.3) is 0 Å². The maximum atomic E-state index is 3.54. The van der Waals surface area contributed by atoms with Gasteiger partial charge in [-0.05, 0) is 48.7 Å². The molecule has 2 aliphatic heterocycles. The number of halogens is 1. The van der Waals surface area contributed by atoms with Crippen molar-refractivity contribution in [2.45, 2.75) is 39.0 Å². The van der Waals surface area contributed by atoms with Crippen molar-refractivity contribution in [2.75, 3.05) is 32.7 Å². The Bertz CT molecular complexity index is 442. The van der Waals surface area contributed by atoms with E-state index >= 15 is 0 Å². The van der Waals surface area contributed by atoms with Crippen LogP contribution in [-0.4, -0.2) is 37.6 Å². The molecule has 3 atom stereocenters. The molecule has 0 amide bonds. The van der Waals surface area contributed by atoms with Crippen molar-refractivity contribution < 1.29 is 0 Å². The normalized spacial score (nSPS) is 32.6. The zero-order valence-electron chi connectivity index (χ0n) is 14.1. The third kappa shape index (κ3) is 4.04. The molecule has 22 heavy (non-hydrogen) atoms. The van der Waals surface area contributed by atoms with Gasteiger partial charge in [0.05, 0.1) is 0 Å². The van der Waals surface area contributed by atoms with Gasteiger partial charge in [-0.3, -0.25) is 0 Å². The van der Waals surface area contributed by atoms with Gasteiger partial charge in [-0.1, -0.05) is 50.6 Å². The van der Waals surface area contributed by atoms with Gasteiger partial charge in [0.15, 0.2) is 0 Å². The Balaban J connectivity index is 0.00000176. The molecule has 0 aliphatic carbocycles. The highest BCUT2D eigenvalue weighted by molar-refractivity contribution is 5.85. The van der Waals surface area contributed by atoms with E-state index in [4.69, 9.17) is 0 Å². The average molecular weight is 323 g/mol. The van der Waals surface area contributed by atoms with Gasteiger partial charge in [-0.15, -0.1) is 12.4 Å². The molecule has 1 N–H and O–H groups in total. The van der Waals surface area contributed by atoms with Gasteiger partial charge in [0, 0.05) is 19.6 Å². The van der Waals surface area contributed by atoms with Crippen LogP contribution in [0, 0.1) is 11.3 Å². The van der Waals surface area contributed by atoms with Gasteiger partial charge < -0.3 is 10.2 Å². The van der Waals surface area contributed by atoms with E-state index in [1.165, 1.54) is 52.0 Å². The lowest BCUT2D eigenvalue weighted by Gasteiger charge is -2.41.